The van der Waals surface area contributed by atoms with Gasteiger partial charge in [0, 0.05) is 18.3 Å². The van der Waals surface area contributed by atoms with E-state index in [1.54, 1.807) is 0 Å². The molecule has 0 aliphatic carbocycles. The highest BCUT2D eigenvalue weighted by atomic mass is 79.9. The van der Waals surface area contributed by atoms with Crippen molar-refractivity contribution in [3.63, 3.8) is 0 Å². The van der Waals surface area contributed by atoms with Gasteiger partial charge in [0.15, 0.2) is 0 Å². The fourth-order valence-electron chi connectivity index (χ4n) is 2.34. The maximum Gasteiger partial charge on any atom is 0.0649 e. The number of anilines is 1. The van der Waals surface area contributed by atoms with E-state index < -0.39 is 0 Å². The van der Waals surface area contributed by atoms with Crippen LogP contribution in [0.15, 0.2) is 22.7 Å². The Kier molecular flexibility index (Phi) is 4.21. The maximum atomic E-state index is 6.11. The van der Waals surface area contributed by atoms with Gasteiger partial charge in [0.1, 0.15) is 0 Å². The van der Waals surface area contributed by atoms with E-state index in [1.807, 2.05) is 36.9 Å². The molecule has 2 rings (SSSR count). The minimum Gasteiger partial charge on any atom is -0.377 e. The Hall–Kier alpha value is -1.000. The fraction of sp³-hybridized carbons (Fsp3) is 0.357. The molecule has 0 saturated heterocycles. The number of hydrogen-bond acceptors (Lipinski definition) is 2. The van der Waals surface area contributed by atoms with Crippen LogP contribution in [0.5, 0.6) is 0 Å². The number of nitrogens with one attached hydrogen (secondary N) is 1. The highest BCUT2D eigenvalue weighted by molar-refractivity contribution is 9.10. The van der Waals surface area contributed by atoms with E-state index in [-0.39, 0.29) is 6.04 Å². The van der Waals surface area contributed by atoms with Crippen LogP contribution in [0.1, 0.15) is 29.9 Å². The zero-order chi connectivity index (χ0) is 14.2. The van der Waals surface area contributed by atoms with Gasteiger partial charge in [0.25, 0.3) is 0 Å². The summed E-state index contributed by atoms with van der Waals surface area (Å²) in [6, 6.07) is 5.98. The first kappa shape index (κ1) is 14.4. The largest absolute Gasteiger partial charge is 0.377 e. The van der Waals surface area contributed by atoms with Crippen LogP contribution in [0.3, 0.4) is 0 Å². The number of hydrogen-bond donors (Lipinski definition) is 1. The molecule has 1 unspecified atom stereocenters. The molecule has 1 N–H and O–H groups in total. The third-order valence-corrected chi connectivity index (χ3v) is 4.72. The van der Waals surface area contributed by atoms with Crippen molar-refractivity contribution in [1.82, 2.24) is 9.78 Å². The summed E-state index contributed by atoms with van der Waals surface area (Å²) in [6.45, 7) is 6.25. The smallest absolute Gasteiger partial charge is 0.0649 e. The summed E-state index contributed by atoms with van der Waals surface area (Å²) in [4.78, 5) is 0. The molecule has 1 heterocycles. The predicted molar refractivity (Wildman–Crippen MR) is 83.9 cm³/mol. The van der Waals surface area contributed by atoms with Crippen LogP contribution >= 0.6 is 27.5 Å². The standard InChI is InChI=1S/C14H17BrClN3/c1-8(13-9(2)18-19(4)10(13)3)17-12-7-5-6-11(16)14(12)15/h5-8,17H,1-4H3. The highest BCUT2D eigenvalue weighted by Gasteiger charge is 2.17. The molecule has 0 bridgehead atoms. The molecule has 19 heavy (non-hydrogen) atoms. The van der Waals surface area contributed by atoms with Crippen molar-refractivity contribution in [2.45, 2.75) is 26.8 Å². The van der Waals surface area contributed by atoms with Gasteiger partial charge in [-0.15, -0.1) is 0 Å². The predicted octanol–water partition coefficient (Wildman–Crippen LogP) is 4.63. The summed E-state index contributed by atoms with van der Waals surface area (Å²) in [5.41, 5.74) is 4.45. The van der Waals surface area contributed by atoms with Gasteiger partial charge in [0.2, 0.25) is 0 Å². The highest BCUT2D eigenvalue weighted by Crippen LogP contribution is 2.33. The lowest BCUT2D eigenvalue weighted by atomic mass is 10.1. The molecule has 5 heteroatoms. The average molecular weight is 343 g/mol. The van der Waals surface area contributed by atoms with E-state index in [1.165, 1.54) is 11.3 Å². The molecule has 0 amide bonds. The second kappa shape index (κ2) is 5.55. The van der Waals surface area contributed by atoms with Gasteiger partial charge in [-0.25, -0.2) is 0 Å². The van der Waals surface area contributed by atoms with Crippen LogP contribution < -0.4 is 5.32 Å². The molecular formula is C14H17BrClN3. The molecule has 0 radical (unpaired) electrons. The summed E-state index contributed by atoms with van der Waals surface area (Å²) in [6.07, 6.45) is 0. The van der Waals surface area contributed by atoms with Gasteiger partial charge in [-0.05, 0) is 48.8 Å². The molecule has 0 fully saturated rings. The van der Waals surface area contributed by atoms with E-state index in [9.17, 15) is 0 Å². The lowest BCUT2D eigenvalue weighted by Crippen LogP contribution is -2.09. The Morgan fingerprint density at radius 3 is 2.63 bits per heavy atom. The monoisotopic (exact) mass is 341 g/mol. The zero-order valence-corrected chi connectivity index (χ0v) is 13.8. The summed E-state index contributed by atoms with van der Waals surface area (Å²) in [7, 11) is 1.97. The number of aryl methyl sites for hydroxylation is 2. The van der Waals surface area contributed by atoms with E-state index in [4.69, 9.17) is 11.6 Å². The molecule has 0 aliphatic heterocycles. The van der Waals surface area contributed by atoms with Gasteiger partial charge >= 0.3 is 0 Å². The number of halogens is 2. The van der Waals surface area contributed by atoms with E-state index in [0.717, 1.165) is 15.9 Å². The van der Waals surface area contributed by atoms with Crippen LogP contribution in [-0.4, -0.2) is 9.78 Å². The minimum atomic E-state index is 0.170. The molecule has 0 spiro atoms. The van der Waals surface area contributed by atoms with Gasteiger partial charge in [-0.1, -0.05) is 17.7 Å². The van der Waals surface area contributed by atoms with Crippen molar-refractivity contribution < 1.29 is 0 Å². The van der Waals surface area contributed by atoms with Gasteiger partial charge < -0.3 is 5.32 Å². The Labute approximate surface area is 127 Å². The molecule has 1 aromatic carbocycles. The van der Waals surface area contributed by atoms with Crippen LogP contribution in [-0.2, 0) is 7.05 Å². The Morgan fingerprint density at radius 2 is 2.05 bits per heavy atom. The van der Waals surface area contributed by atoms with Crippen molar-refractivity contribution in [3.8, 4) is 0 Å². The third kappa shape index (κ3) is 2.79. The van der Waals surface area contributed by atoms with E-state index >= 15 is 0 Å². The van der Waals surface area contributed by atoms with Crippen LogP contribution in [0, 0.1) is 13.8 Å². The van der Waals surface area contributed by atoms with Crippen molar-refractivity contribution in [2.24, 2.45) is 7.05 Å². The topological polar surface area (TPSA) is 29.9 Å². The Bertz CT molecular complexity index is 607. The molecule has 1 atom stereocenters. The summed E-state index contributed by atoms with van der Waals surface area (Å²) in [5, 5.41) is 8.64. The molecule has 3 nitrogen and oxygen atoms in total. The van der Waals surface area contributed by atoms with Crippen molar-refractivity contribution in [1.29, 1.82) is 0 Å². The lowest BCUT2D eigenvalue weighted by Gasteiger charge is -2.17. The molecular weight excluding hydrogens is 326 g/mol. The normalized spacial score (nSPS) is 12.5. The van der Waals surface area contributed by atoms with E-state index in [0.29, 0.717) is 5.02 Å². The third-order valence-electron chi connectivity index (χ3n) is 3.32. The second-order valence-corrected chi connectivity index (χ2v) is 5.88. The SMILES string of the molecule is Cc1nn(C)c(C)c1C(C)Nc1cccc(Cl)c1Br. The fourth-order valence-corrected chi connectivity index (χ4v) is 2.89. The first-order chi connectivity index (χ1) is 8.91. The zero-order valence-electron chi connectivity index (χ0n) is 11.5. The Morgan fingerprint density at radius 1 is 1.37 bits per heavy atom. The second-order valence-electron chi connectivity index (χ2n) is 4.68. The molecule has 1 aromatic heterocycles. The molecule has 0 saturated carbocycles. The molecule has 2 aromatic rings. The van der Waals surface area contributed by atoms with Crippen LogP contribution in [0.2, 0.25) is 5.02 Å². The van der Waals surface area contributed by atoms with Crippen molar-refractivity contribution in [3.05, 3.63) is 44.6 Å². The quantitative estimate of drug-likeness (QED) is 0.881. The number of nitrogens with zero attached hydrogens (tertiary/aromatic N) is 2. The minimum absolute atomic E-state index is 0.170. The first-order valence-corrected chi connectivity index (χ1v) is 7.29. The Balaban J connectivity index is 2.31. The van der Waals surface area contributed by atoms with Gasteiger partial charge in [-0.2, -0.15) is 5.10 Å². The maximum absolute atomic E-state index is 6.11. The summed E-state index contributed by atoms with van der Waals surface area (Å²) < 4.78 is 2.80. The average Bonchev–Trinajstić information content (AvgIpc) is 2.59. The first-order valence-electron chi connectivity index (χ1n) is 6.12. The molecule has 102 valence electrons. The lowest BCUT2D eigenvalue weighted by molar-refractivity contribution is 0.728. The summed E-state index contributed by atoms with van der Waals surface area (Å²) in [5.74, 6) is 0. The van der Waals surface area contributed by atoms with E-state index in [2.05, 4.69) is 40.2 Å². The van der Waals surface area contributed by atoms with Crippen LogP contribution in [0.4, 0.5) is 5.69 Å². The number of benzene rings is 1. The van der Waals surface area contributed by atoms with Gasteiger partial charge in [0.05, 0.1) is 26.9 Å². The number of aromatic nitrogens is 2. The van der Waals surface area contributed by atoms with Crippen molar-refractivity contribution in [2.75, 3.05) is 5.32 Å². The van der Waals surface area contributed by atoms with Gasteiger partial charge in [-0.3, -0.25) is 4.68 Å². The number of rotatable bonds is 3. The van der Waals surface area contributed by atoms with Crippen molar-refractivity contribution >= 4 is 33.2 Å². The molecule has 0 aliphatic rings. The van der Waals surface area contributed by atoms with Crippen LogP contribution in [0.25, 0.3) is 0 Å². The summed E-state index contributed by atoms with van der Waals surface area (Å²) >= 11 is 9.61.